The van der Waals surface area contributed by atoms with Crippen molar-refractivity contribution in [2.75, 3.05) is 11.9 Å². The van der Waals surface area contributed by atoms with Crippen LogP contribution in [0, 0.1) is 5.92 Å². The molecule has 5 atom stereocenters. The van der Waals surface area contributed by atoms with Crippen molar-refractivity contribution in [2.45, 2.75) is 62.7 Å². The fourth-order valence-corrected chi connectivity index (χ4v) is 5.00. The normalized spacial score (nSPS) is 27.6. The van der Waals surface area contributed by atoms with Gasteiger partial charge in [0.25, 0.3) is 0 Å². The number of fused-ring (bicyclic) bond motifs is 1. The SMILES string of the molecule is OC[C@H]1O[C@@H](n2cnc3c(NC(c4ccccc4)C4CCCCC4)ncnc32)C(O)C1O. The van der Waals surface area contributed by atoms with Gasteiger partial charge in [-0.2, -0.15) is 0 Å². The van der Waals surface area contributed by atoms with E-state index in [1.807, 2.05) is 6.07 Å². The van der Waals surface area contributed by atoms with Gasteiger partial charge in [-0.1, -0.05) is 49.6 Å². The van der Waals surface area contributed by atoms with Crippen LogP contribution in [0.5, 0.6) is 0 Å². The van der Waals surface area contributed by atoms with E-state index in [2.05, 4.69) is 44.5 Å². The lowest BCUT2D eigenvalue weighted by Crippen LogP contribution is -2.33. The summed E-state index contributed by atoms with van der Waals surface area (Å²) >= 11 is 0. The van der Waals surface area contributed by atoms with Crippen LogP contribution >= 0.6 is 0 Å². The monoisotopic (exact) mass is 439 g/mol. The molecule has 1 aromatic carbocycles. The van der Waals surface area contributed by atoms with Gasteiger partial charge in [0.1, 0.15) is 24.6 Å². The van der Waals surface area contributed by atoms with Gasteiger partial charge in [-0.25, -0.2) is 15.0 Å². The number of nitrogens with one attached hydrogen (secondary N) is 1. The molecule has 4 N–H and O–H groups in total. The second kappa shape index (κ2) is 9.11. The van der Waals surface area contributed by atoms with Crippen molar-refractivity contribution in [3.63, 3.8) is 0 Å². The molecule has 0 amide bonds. The van der Waals surface area contributed by atoms with Crippen LogP contribution in [0.2, 0.25) is 0 Å². The van der Waals surface area contributed by atoms with Crippen LogP contribution in [0.3, 0.4) is 0 Å². The van der Waals surface area contributed by atoms with Gasteiger partial charge in [0.05, 0.1) is 19.0 Å². The number of benzene rings is 1. The van der Waals surface area contributed by atoms with Gasteiger partial charge in [0.15, 0.2) is 23.2 Å². The Bertz CT molecular complexity index is 1040. The third-order valence-electron chi connectivity index (χ3n) is 6.72. The molecule has 170 valence electrons. The maximum absolute atomic E-state index is 10.4. The molecule has 0 bridgehead atoms. The molecule has 9 heteroatoms. The first-order valence-corrected chi connectivity index (χ1v) is 11.3. The van der Waals surface area contributed by atoms with Gasteiger partial charge < -0.3 is 25.4 Å². The van der Waals surface area contributed by atoms with Gasteiger partial charge >= 0.3 is 0 Å². The fraction of sp³-hybridized carbons (Fsp3) is 0.522. The summed E-state index contributed by atoms with van der Waals surface area (Å²) in [6.07, 6.45) is 4.93. The zero-order valence-corrected chi connectivity index (χ0v) is 17.8. The Labute approximate surface area is 186 Å². The Kier molecular flexibility index (Phi) is 6.05. The number of rotatable bonds is 6. The maximum Gasteiger partial charge on any atom is 0.167 e. The summed E-state index contributed by atoms with van der Waals surface area (Å²) in [6.45, 7) is -0.386. The van der Waals surface area contributed by atoms with Gasteiger partial charge in [0, 0.05) is 0 Å². The molecule has 3 unspecified atom stereocenters. The average Bonchev–Trinajstić information content (AvgIpc) is 3.40. The first-order chi connectivity index (χ1) is 15.7. The second-order valence-corrected chi connectivity index (χ2v) is 8.71. The molecule has 32 heavy (non-hydrogen) atoms. The number of hydrogen-bond donors (Lipinski definition) is 4. The smallest absolute Gasteiger partial charge is 0.167 e. The predicted molar refractivity (Wildman–Crippen MR) is 118 cm³/mol. The topological polar surface area (TPSA) is 126 Å². The largest absolute Gasteiger partial charge is 0.394 e. The van der Waals surface area contributed by atoms with E-state index in [4.69, 9.17) is 4.74 Å². The molecule has 0 radical (unpaired) electrons. The minimum Gasteiger partial charge on any atom is -0.394 e. The van der Waals surface area contributed by atoms with Gasteiger partial charge in [0.2, 0.25) is 0 Å². The highest BCUT2D eigenvalue weighted by molar-refractivity contribution is 5.83. The molecule has 1 saturated heterocycles. The first kappa shape index (κ1) is 21.3. The molecule has 2 aromatic heterocycles. The number of nitrogens with zero attached hydrogens (tertiary/aromatic N) is 4. The third-order valence-corrected chi connectivity index (χ3v) is 6.72. The number of hydrogen-bond acceptors (Lipinski definition) is 8. The van der Waals surface area contributed by atoms with Crippen molar-refractivity contribution < 1.29 is 20.1 Å². The molecule has 2 fully saturated rings. The third kappa shape index (κ3) is 3.86. The lowest BCUT2D eigenvalue weighted by Gasteiger charge is -2.31. The number of aliphatic hydroxyl groups is 3. The van der Waals surface area contributed by atoms with Crippen molar-refractivity contribution in [1.82, 2.24) is 19.5 Å². The molecule has 3 heterocycles. The zero-order chi connectivity index (χ0) is 22.1. The minimum absolute atomic E-state index is 0.105. The highest BCUT2D eigenvalue weighted by Crippen LogP contribution is 2.38. The van der Waals surface area contributed by atoms with Crippen molar-refractivity contribution in [3.8, 4) is 0 Å². The maximum atomic E-state index is 10.4. The van der Waals surface area contributed by atoms with E-state index in [1.54, 1.807) is 4.57 Å². The van der Waals surface area contributed by atoms with Crippen molar-refractivity contribution in [3.05, 3.63) is 48.5 Å². The predicted octanol–water partition coefficient (Wildman–Crippen LogP) is 2.17. The number of anilines is 1. The molecule has 0 spiro atoms. The summed E-state index contributed by atoms with van der Waals surface area (Å²) in [5.41, 5.74) is 2.28. The van der Waals surface area contributed by atoms with Crippen molar-refractivity contribution >= 4 is 17.0 Å². The molecule has 3 aromatic rings. The summed E-state index contributed by atoms with van der Waals surface area (Å²) in [6, 6.07) is 10.5. The van der Waals surface area contributed by atoms with Crippen molar-refractivity contribution in [1.29, 1.82) is 0 Å². The van der Waals surface area contributed by atoms with E-state index in [9.17, 15) is 15.3 Å². The molecule has 9 nitrogen and oxygen atoms in total. The Morgan fingerprint density at radius 1 is 1.03 bits per heavy atom. The Morgan fingerprint density at radius 3 is 2.53 bits per heavy atom. The number of aromatic nitrogens is 4. The van der Waals surface area contributed by atoms with Crippen LogP contribution in [0.25, 0.3) is 11.2 Å². The Balaban J connectivity index is 1.48. The summed E-state index contributed by atoms with van der Waals surface area (Å²) in [7, 11) is 0. The number of imidazole rings is 1. The molecule has 5 rings (SSSR count). The van der Waals surface area contributed by atoms with E-state index in [0.29, 0.717) is 22.9 Å². The van der Waals surface area contributed by atoms with Crippen molar-refractivity contribution in [2.24, 2.45) is 5.92 Å². The summed E-state index contributed by atoms with van der Waals surface area (Å²) in [4.78, 5) is 13.4. The first-order valence-electron chi connectivity index (χ1n) is 11.3. The van der Waals surface area contributed by atoms with Crippen LogP contribution in [0.1, 0.15) is 49.9 Å². The fourth-order valence-electron chi connectivity index (χ4n) is 5.00. The van der Waals surface area contributed by atoms with Crippen LogP contribution in [0.4, 0.5) is 5.82 Å². The van der Waals surface area contributed by atoms with Crippen LogP contribution in [-0.2, 0) is 4.74 Å². The number of ether oxygens (including phenoxy) is 1. The average molecular weight is 440 g/mol. The Morgan fingerprint density at radius 2 is 1.81 bits per heavy atom. The molecule has 1 aliphatic carbocycles. The van der Waals surface area contributed by atoms with Gasteiger partial charge in [-0.05, 0) is 24.3 Å². The van der Waals surface area contributed by atoms with E-state index in [1.165, 1.54) is 37.5 Å². The molecular formula is C23H29N5O4. The Hall–Kier alpha value is -2.59. The van der Waals surface area contributed by atoms with Crippen LogP contribution in [0.15, 0.2) is 43.0 Å². The molecule has 2 aliphatic rings. The summed E-state index contributed by atoms with van der Waals surface area (Å²) < 4.78 is 7.25. The van der Waals surface area contributed by atoms with E-state index >= 15 is 0 Å². The standard InChI is InChI=1S/C23H29N5O4/c29-11-16-19(30)20(31)23(32-16)28-13-26-18-21(24-12-25-22(18)28)27-17(14-7-3-1-4-8-14)15-9-5-2-6-10-15/h1,3-4,7-8,12-13,15-17,19-20,23,29-31H,2,5-6,9-11H2,(H,24,25,27)/t16-,17?,19?,20?,23-/m1/s1. The summed E-state index contributed by atoms with van der Waals surface area (Å²) in [5.74, 6) is 1.12. The van der Waals surface area contributed by atoms with Gasteiger partial charge in [-0.15, -0.1) is 0 Å². The highest BCUT2D eigenvalue weighted by atomic mass is 16.6. The minimum atomic E-state index is -1.20. The van der Waals surface area contributed by atoms with E-state index < -0.39 is 24.5 Å². The molecular weight excluding hydrogens is 410 g/mol. The second-order valence-electron chi connectivity index (χ2n) is 8.71. The molecule has 1 saturated carbocycles. The zero-order valence-electron chi connectivity index (χ0n) is 17.8. The quantitative estimate of drug-likeness (QED) is 0.460. The lowest BCUT2D eigenvalue weighted by molar-refractivity contribution is -0.0511. The number of aliphatic hydroxyl groups excluding tert-OH is 3. The lowest BCUT2D eigenvalue weighted by atomic mass is 9.81. The van der Waals surface area contributed by atoms with Crippen LogP contribution in [-0.4, -0.2) is 59.8 Å². The van der Waals surface area contributed by atoms with Crippen LogP contribution < -0.4 is 5.32 Å². The van der Waals surface area contributed by atoms with E-state index in [-0.39, 0.29) is 12.6 Å². The van der Waals surface area contributed by atoms with E-state index in [0.717, 1.165) is 12.8 Å². The van der Waals surface area contributed by atoms with Gasteiger partial charge in [-0.3, -0.25) is 4.57 Å². The summed E-state index contributed by atoms with van der Waals surface area (Å²) in [5, 5.41) is 33.6. The highest BCUT2D eigenvalue weighted by Gasteiger charge is 2.44. The molecule has 1 aliphatic heterocycles.